The minimum atomic E-state index is -0.785. The number of rotatable bonds is 4. The van der Waals surface area contributed by atoms with Crippen LogP contribution in [0.2, 0.25) is 0 Å². The number of amides is 1. The summed E-state index contributed by atoms with van der Waals surface area (Å²) in [6, 6.07) is 7.90. The van der Waals surface area contributed by atoms with Crippen molar-refractivity contribution in [1.82, 2.24) is 5.32 Å². The lowest BCUT2D eigenvalue weighted by molar-refractivity contribution is 0.0205. The lowest BCUT2D eigenvalue weighted by Crippen LogP contribution is -2.39. The Hall–Kier alpha value is -2.75. The molecule has 7 nitrogen and oxygen atoms in total. The van der Waals surface area contributed by atoms with Crippen LogP contribution in [-0.4, -0.2) is 29.5 Å². The van der Waals surface area contributed by atoms with E-state index in [0.717, 1.165) is 5.56 Å². The molecular weight excluding hydrogens is 336 g/mol. The molecule has 0 aliphatic heterocycles. The van der Waals surface area contributed by atoms with Crippen LogP contribution < -0.4 is 10.1 Å². The van der Waals surface area contributed by atoms with E-state index >= 15 is 0 Å². The van der Waals surface area contributed by atoms with Crippen molar-refractivity contribution in [3.63, 3.8) is 0 Å². The predicted molar refractivity (Wildman–Crippen MR) is 95.8 cm³/mol. The van der Waals surface area contributed by atoms with Crippen molar-refractivity contribution in [3.05, 3.63) is 29.8 Å². The smallest absolute Gasteiger partial charge is 0.444 e. The van der Waals surface area contributed by atoms with Crippen LogP contribution in [0.4, 0.5) is 9.59 Å². The number of hydrogen-bond acceptors (Lipinski definition) is 6. The van der Waals surface area contributed by atoms with Gasteiger partial charge in [0, 0.05) is 6.42 Å². The van der Waals surface area contributed by atoms with Crippen LogP contribution in [0.25, 0.3) is 0 Å². The fraction of sp³-hybridized carbons (Fsp3) is 0.526. The van der Waals surface area contributed by atoms with E-state index in [0.29, 0.717) is 12.2 Å². The number of nitrogens with one attached hydrogen (secondary N) is 1. The standard InChI is InChI=1S/C19H26N2O5/c1-18(2,3)25-16(22)21-14(12-20)11-13-7-9-15(10-8-13)24-17(23)26-19(4,5)6/h7-10,14H,11H2,1-6H3,(H,21,22). The highest BCUT2D eigenvalue weighted by Gasteiger charge is 2.20. The molecule has 1 unspecified atom stereocenters. The lowest BCUT2D eigenvalue weighted by atomic mass is 10.1. The zero-order valence-electron chi connectivity index (χ0n) is 16.1. The van der Waals surface area contributed by atoms with E-state index in [1.54, 1.807) is 65.8 Å². The van der Waals surface area contributed by atoms with E-state index in [2.05, 4.69) is 5.32 Å². The Bertz CT molecular complexity index is 663. The summed E-state index contributed by atoms with van der Waals surface area (Å²) in [5.41, 5.74) is -0.473. The van der Waals surface area contributed by atoms with Gasteiger partial charge in [-0.3, -0.25) is 0 Å². The number of alkyl carbamates (subject to hydrolysis) is 1. The highest BCUT2D eigenvalue weighted by Crippen LogP contribution is 2.16. The molecular formula is C19H26N2O5. The van der Waals surface area contributed by atoms with Gasteiger partial charge in [-0.05, 0) is 59.2 Å². The Kier molecular flexibility index (Phi) is 7.01. The van der Waals surface area contributed by atoms with Gasteiger partial charge in [0.2, 0.25) is 0 Å². The predicted octanol–water partition coefficient (Wildman–Crippen LogP) is 3.96. The second-order valence-electron chi connectivity index (χ2n) is 7.74. The summed E-state index contributed by atoms with van der Waals surface area (Å²) in [4.78, 5) is 23.4. The third-order valence-electron chi connectivity index (χ3n) is 2.80. The number of nitrogens with zero attached hydrogens (tertiary/aromatic N) is 1. The van der Waals surface area contributed by atoms with Gasteiger partial charge < -0.3 is 19.5 Å². The third-order valence-corrected chi connectivity index (χ3v) is 2.80. The van der Waals surface area contributed by atoms with Crippen LogP contribution in [-0.2, 0) is 15.9 Å². The van der Waals surface area contributed by atoms with Crippen molar-refractivity contribution in [3.8, 4) is 11.8 Å². The Labute approximate surface area is 154 Å². The molecule has 1 N–H and O–H groups in total. The van der Waals surface area contributed by atoms with Crippen molar-refractivity contribution >= 4 is 12.2 Å². The van der Waals surface area contributed by atoms with Crippen molar-refractivity contribution < 1.29 is 23.8 Å². The van der Waals surface area contributed by atoms with E-state index in [1.165, 1.54) is 0 Å². The number of carbonyl (C=O) groups is 2. The molecule has 1 aromatic rings. The summed E-state index contributed by atoms with van der Waals surface area (Å²) < 4.78 is 15.3. The highest BCUT2D eigenvalue weighted by atomic mass is 16.7. The number of benzene rings is 1. The molecule has 7 heteroatoms. The number of hydrogen-bond donors (Lipinski definition) is 1. The fourth-order valence-electron chi connectivity index (χ4n) is 1.88. The van der Waals surface area contributed by atoms with Gasteiger partial charge >= 0.3 is 12.2 Å². The zero-order chi connectivity index (χ0) is 20.0. The van der Waals surface area contributed by atoms with Crippen LogP contribution in [0.15, 0.2) is 24.3 Å². The molecule has 142 valence electrons. The first kappa shape index (κ1) is 21.3. The Morgan fingerprint density at radius 1 is 1.04 bits per heavy atom. The van der Waals surface area contributed by atoms with E-state index in [9.17, 15) is 14.9 Å². The summed E-state index contributed by atoms with van der Waals surface area (Å²) in [6.45, 7) is 10.5. The molecule has 26 heavy (non-hydrogen) atoms. The van der Waals surface area contributed by atoms with Crippen LogP contribution in [0.1, 0.15) is 47.1 Å². The molecule has 0 heterocycles. The summed E-state index contributed by atoms with van der Waals surface area (Å²) in [7, 11) is 0. The van der Waals surface area contributed by atoms with Crippen LogP contribution >= 0.6 is 0 Å². The fourth-order valence-corrected chi connectivity index (χ4v) is 1.88. The first-order valence-corrected chi connectivity index (χ1v) is 8.27. The maximum atomic E-state index is 11.8. The van der Waals surface area contributed by atoms with E-state index in [1.807, 2.05) is 6.07 Å². The number of ether oxygens (including phenoxy) is 3. The summed E-state index contributed by atoms with van der Waals surface area (Å²) in [5.74, 6) is 0.330. The molecule has 0 bridgehead atoms. The lowest BCUT2D eigenvalue weighted by Gasteiger charge is -2.21. The molecule has 0 aliphatic rings. The minimum absolute atomic E-state index is 0.294. The molecule has 1 aromatic carbocycles. The van der Waals surface area contributed by atoms with Crippen LogP contribution in [0.5, 0.6) is 5.75 Å². The second-order valence-corrected chi connectivity index (χ2v) is 7.74. The largest absolute Gasteiger partial charge is 0.514 e. The molecule has 0 fully saturated rings. The molecule has 0 aliphatic carbocycles. The summed E-state index contributed by atoms with van der Waals surface area (Å²) in [5, 5.41) is 11.7. The third kappa shape index (κ3) is 8.92. The topological polar surface area (TPSA) is 97.6 Å². The minimum Gasteiger partial charge on any atom is -0.444 e. The van der Waals surface area contributed by atoms with Gasteiger partial charge in [0.1, 0.15) is 23.0 Å². The molecule has 1 rings (SSSR count). The van der Waals surface area contributed by atoms with Gasteiger partial charge in [0.25, 0.3) is 0 Å². The quantitative estimate of drug-likeness (QED) is 0.643. The first-order chi connectivity index (χ1) is 11.9. The molecule has 0 saturated carbocycles. The van der Waals surface area contributed by atoms with E-state index < -0.39 is 29.5 Å². The van der Waals surface area contributed by atoms with Gasteiger partial charge in [0.05, 0.1) is 6.07 Å². The monoisotopic (exact) mass is 362 g/mol. The Morgan fingerprint density at radius 2 is 1.58 bits per heavy atom. The SMILES string of the molecule is CC(C)(C)OC(=O)NC(C#N)Cc1ccc(OC(=O)OC(C)(C)C)cc1. The van der Waals surface area contributed by atoms with Crippen molar-refractivity contribution in [1.29, 1.82) is 5.26 Å². The van der Waals surface area contributed by atoms with Gasteiger partial charge in [-0.1, -0.05) is 12.1 Å². The highest BCUT2D eigenvalue weighted by molar-refractivity contribution is 5.68. The van der Waals surface area contributed by atoms with Gasteiger partial charge in [-0.2, -0.15) is 5.26 Å². The van der Waals surface area contributed by atoms with Gasteiger partial charge in [-0.15, -0.1) is 0 Å². The van der Waals surface area contributed by atoms with E-state index in [-0.39, 0.29) is 0 Å². The maximum Gasteiger partial charge on any atom is 0.514 e. The Balaban J connectivity index is 2.61. The average Bonchev–Trinajstić information content (AvgIpc) is 2.44. The zero-order valence-corrected chi connectivity index (χ0v) is 16.1. The molecule has 0 spiro atoms. The van der Waals surface area contributed by atoms with Crippen LogP contribution in [0.3, 0.4) is 0 Å². The maximum absolute atomic E-state index is 11.8. The average molecular weight is 362 g/mol. The first-order valence-electron chi connectivity index (χ1n) is 8.27. The summed E-state index contributed by atoms with van der Waals surface area (Å²) >= 11 is 0. The Morgan fingerprint density at radius 3 is 2.04 bits per heavy atom. The molecule has 1 amide bonds. The summed E-state index contributed by atoms with van der Waals surface area (Å²) in [6.07, 6.45) is -1.14. The normalized spacial score (nSPS) is 12.5. The second kappa shape index (κ2) is 8.56. The van der Waals surface area contributed by atoms with Crippen molar-refractivity contribution in [2.75, 3.05) is 0 Å². The number of nitriles is 1. The van der Waals surface area contributed by atoms with Gasteiger partial charge in [0.15, 0.2) is 0 Å². The number of carbonyl (C=O) groups excluding carboxylic acids is 2. The molecule has 0 aromatic heterocycles. The molecule has 1 atom stereocenters. The van der Waals surface area contributed by atoms with Crippen molar-refractivity contribution in [2.24, 2.45) is 0 Å². The molecule has 0 saturated heterocycles. The molecule has 0 radical (unpaired) electrons. The van der Waals surface area contributed by atoms with E-state index in [4.69, 9.17) is 14.2 Å². The van der Waals surface area contributed by atoms with Gasteiger partial charge in [-0.25, -0.2) is 9.59 Å². The van der Waals surface area contributed by atoms with Crippen molar-refractivity contribution in [2.45, 2.75) is 65.2 Å². The van der Waals surface area contributed by atoms with Crippen LogP contribution in [0, 0.1) is 11.3 Å².